The first-order chi connectivity index (χ1) is 10.2. The first kappa shape index (κ1) is 15.9. The predicted octanol–water partition coefficient (Wildman–Crippen LogP) is 0.743. The number of carbonyl (C=O) groups is 1. The molecule has 0 spiro atoms. The van der Waals surface area contributed by atoms with E-state index >= 15 is 0 Å². The van der Waals surface area contributed by atoms with E-state index in [4.69, 9.17) is 4.74 Å². The molecule has 2 rings (SSSR count). The molecule has 0 saturated carbocycles. The van der Waals surface area contributed by atoms with Crippen LogP contribution >= 0.6 is 0 Å². The molecule has 1 saturated heterocycles. The number of rotatable bonds is 6. The van der Waals surface area contributed by atoms with Crippen LogP contribution in [-0.2, 0) is 22.7 Å². The van der Waals surface area contributed by atoms with Gasteiger partial charge in [0.2, 0.25) is 5.91 Å². The molecule has 0 radical (unpaired) electrons. The van der Waals surface area contributed by atoms with Crippen molar-refractivity contribution in [2.75, 3.05) is 33.3 Å². The number of carbonyl (C=O) groups excluding carboxylic acids is 1. The quantitative estimate of drug-likeness (QED) is 0.812. The Kier molecular flexibility index (Phi) is 6.17. The Morgan fingerprint density at radius 3 is 2.76 bits per heavy atom. The third kappa shape index (κ3) is 5.12. The van der Waals surface area contributed by atoms with Crippen molar-refractivity contribution in [3.8, 4) is 0 Å². The number of ether oxygens (including phenoxy) is 1. The van der Waals surface area contributed by atoms with E-state index in [1.165, 1.54) is 0 Å². The van der Waals surface area contributed by atoms with E-state index in [9.17, 15) is 4.79 Å². The third-order valence-corrected chi connectivity index (χ3v) is 3.81. The molecule has 1 atom stereocenters. The van der Waals surface area contributed by atoms with Crippen LogP contribution in [0.4, 0.5) is 0 Å². The van der Waals surface area contributed by atoms with E-state index in [1.54, 1.807) is 7.11 Å². The standard InChI is InChI=1S/C16H25N3O2/c1-13-9-17-7-8-19(13)11-16(20)18-10-14-3-5-15(6-4-14)12-21-2/h3-6,13,17H,7-12H2,1-2H3,(H,18,20)/t13-/m1/s1. The van der Waals surface area contributed by atoms with Gasteiger partial charge < -0.3 is 15.4 Å². The van der Waals surface area contributed by atoms with E-state index in [0.717, 1.165) is 30.8 Å². The summed E-state index contributed by atoms with van der Waals surface area (Å²) in [5.74, 6) is 0.0877. The van der Waals surface area contributed by atoms with Gasteiger partial charge in [-0.15, -0.1) is 0 Å². The smallest absolute Gasteiger partial charge is 0.234 e. The Bertz CT molecular complexity index is 447. The summed E-state index contributed by atoms with van der Waals surface area (Å²) in [6.07, 6.45) is 0. The number of amides is 1. The first-order valence-corrected chi connectivity index (χ1v) is 7.47. The van der Waals surface area contributed by atoms with E-state index in [1.807, 2.05) is 24.3 Å². The summed E-state index contributed by atoms with van der Waals surface area (Å²) in [6, 6.07) is 8.54. The SMILES string of the molecule is COCc1ccc(CNC(=O)CN2CCNC[C@H]2C)cc1. The molecule has 0 aliphatic carbocycles. The van der Waals surface area contributed by atoms with Crippen molar-refractivity contribution in [2.45, 2.75) is 26.1 Å². The Morgan fingerprint density at radius 2 is 2.10 bits per heavy atom. The van der Waals surface area contributed by atoms with Crippen LogP contribution in [-0.4, -0.2) is 50.1 Å². The van der Waals surface area contributed by atoms with Crippen molar-refractivity contribution in [1.29, 1.82) is 0 Å². The average molecular weight is 291 g/mol. The van der Waals surface area contributed by atoms with Crippen LogP contribution in [0.25, 0.3) is 0 Å². The minimum atomic E-state index is 0.0877. The van der Waals surface area contributed by atoms with Gasteiger partial charge in [0.25, 0.3) is 0 Å². The molecular weight excluding hydrogens is 266 g/mol. The van der Waals surface area contributed by atoms with Gasteiger partial charge in [-0.25, -0.2) is 0 Å². The van der Waals surface area contributed by atoms with Crippen LogP contribution in [0, 0.1) is 0 Å². The maximum atomic E-state index is 12.0. The third-order valence-electron chi connectivity index (χ3n) is 3.81. The molecule has 1 amide bonds. The zero-order valence-corrected chi connectivity index (χ0v) is 12.9. The Balaban J connectivity index is 1.75. The van der Waals surface area contributed by atoms with E-state index in [0.29, 0.717) is 25.7 Å². The minimum Gasteiger partial charge on any atom is -0.380 e. The topological polar surface area (TPSA) is 53.6 Å². The molecule has 0 aromatic heterocycles. The Hall–Kier alpha value is -1.43. The van der Waals surface area contributed by atoms with Crippen molar-refractivity contribution in [1.82, 2.24) is 15.5 Å². The molecule has 21 heavy (non-hydrogen) atoms. The number of benzene rings is 1. The second-order valence-corrected chi connectivity index (χ2v) is 5.55. The molecule has 1 fully saturated rings. The summed E-state index contributed by atoms with van der Waals surface area (Å²) in [4.78, 5) is 14.2. The van der Waals surface area contributed by atoms with Gasteiger partial charge in [0.15, 0.2) is 0 Å². The molecule has 5 heteroatoms. The van der Waals surface area contributed by atoms with Crippen molar-refractivity contribution in [2.24, 2.45) is 0 Å². The van der Waals surface area contributed by atoms with Gasteiger partial charge in [-0.3, -0.25) is 9.69 Å². The first-order valence-electron chi connectivity index (χ1n) is 7.47. The van der Waals surface area contributed by atoms with Crippen LogP contribution < -0.4 is 10.6 Å². The highest BCUT2D eigenvalue weighted by Crippen LogP contribution is 2.06. The number of piperazine rings is 1. The molecule has 116 valence electrons. The molecule has 1 aromatic carbocycles. The zero-order chi connectivity index (χ0) is 15.1. The molecule has 0 unspecified atom stereocenters. The fraction of sp³-hybridized carbons (Fsp3) is 0.562. The minimum absolute atomic E-state index is 0.0877. The van der Waals surface area contributed by atoms with Gasteiger partial charge in [0, 0.05) is 39.3 Å². The van der Waals surface area contributed by atoms with E-state index < -0.39 is 0 Å². The Morgan fingerprint density at radius 1 is 1.38 bits per heavy atom. The van der Waals surface area contributed by atoms with Crippen LogP contribution in [0.5, 0.6) is 0 Å². The van der Waals surface area contributed by atoms with Crippen LogP contribution in [0.2, 0.25) is 0 Å². The second-order valence-electron chi connectivity index (χ2n) is 5.55. The molecule has 5 nitrogen and oxygen atoms in total. The molecule has 2 N–H and O–H groups in total. The normalized spacial score (nSPS) is 19.4. The molecule has 0 bridgehead atoms. The number of hydrogen-bond acceptors (Lipinski definition) is 4. The van der Waals surface area contributed by atoms with Crippen molar-refractivity contribution in [3.63, 3.8) is 0 Å². The van der Waals surface area contributed by atoms with Crippen molar-refractivity contribution in [3.05, 3.63) is 35.4 Å². The fourth-order valence-corrected chi connectivity index (χ4v) is 2.48. The maximum absolute atomic E-state index is 12.0. The summed E-state index contributed by atoms with van der Waals surface area (Å²) in [5.41, 5.74) is 2.25. The summed E-state index contributed by atoms with van der Waals surface area (Å²) in [6.45, 7) is 6.66. The van der Waals surface area contributed by atoms with Crippen LogP contribution in [0.1, 0.15) is 18.1 Å². The van der Waals surface area contributed by atoms with Gasteiger partial charge in [-0.1, -0.05) is 24.3 Å². The molecule has 1 aliphatic heterocycles. The predicted molar refractivity (Wildman–Crippen MR) is 82.9 cm³/mol. The second kappa shape index (κ2) is 8.12. The van der Waals surface area contributed by atoms with Crippen LogP contribution in [0.3, 0.4) is 0 Å². The van der Waals surface area contributed by atoms with Gasteiger partial charge >= 0.3 is 0 Å². The number of methoxy groups -OCH3 is 1. The number of hydrogen-bond donors (Lipinski definition) is 2. The lowest BCUT2D eigenvalue weighted by atomic mass is 10.1. The molecular formula is C16H25N3O2. The van der Waals surface area contributed by atoms with Crippen molar-refractivity contribution < 1.29 is 9.53 Å². The fourth-order valence-electron chi connectivity index (χ4n) is 2.48. The zero-order valence-electron chi connectivity index (χ0n) is 12.9. The lowest BCUT2D eigenvalue weighted by molar-refractivity contribution is -0.123. The highest BCUT2D eigenvalue weighted by molar-refractivity contribution is 5.78. The number of nitrogens with one attached hydrogen (secondary N) is 2. The number of nitrogens with zero attached hydrogens (tertiary/aromatic N) is 1. The van der Waals surface area contributed by atoms with Gasteiger partial charge in [-0.2, -0.15) is 0 Å². The highest BCUT2D eigenvalue weighted by Gasteiger charge is 2.19. The van der Waals surface area contributed by atoms with E-state index in [-0.39, 0.29) is 5.91 Å². The largest absolute Gasteiger partial charge is 0.380 e. The van der Waals surface area contributed by atoms with Gasteiger partial charge in [-0.05, 0) is 18.1 Å². The van der Waals surface area contributed by atoms with Crippen molar-refractivity contribution >= 4 is 5.91 Å². The lowest BCUT2D eigenvalue weighted by Crippen LogP contribution is -2.52. The average Bonchev–Trinajstić information content (AvgIpc) is 2.49. The van der Waals surface area contributed by atoms with Crippen LogP contribution in [0.15, 0.2) is 24.3 Å². The van der Waals surface area contributed by atoms with E-state index in [2.05, 4.69) is 22.5 Å². The van der Waals surface area contributed by atoms with Gasteiger partial charge in [0.05, 0.1) is 13.2 Å². The molecule has 1 aromatic rings. The summed E-state index contributed by atoms with van der Waals surface area (Å²) < 4.78 is 5.08. The monoisotopic (exact) mass is 291 g/mol. The summed E-state index contributed by atoms with van der Waals surface area (Å²) in [5, 5.41) is 6.31. The summed E-state index contributed by atoms with van der Waals surface area (Å²) in [7, 11) is 1.69. The Labute approximate surface area is 126 Å². The maximum Gasteiger partial charge on any atom is 0.234 e. The lowest BCUT2D eigenvalue weighted by Gasteiger charge is -2.33. The summed E-state index contributed by atoms with van der Waals surface area (Å²) >= 11 is 0. The molecule has 1 aliphatic rings. The van der Waals surface area contributed by atoms with Gasteiger partial charge in [0.1, 0.15) is 0 Å². The molecule has 1 heterocycles. The highest BCUT2D eigenvalue weighted by atomic mass is 16.5.